The van der Waals surface area contributed by atoms with Crippen molar-refractivity contribution in [3.05, 3.63) is 48.3 Å². The van der Waals surface area contributed by atoms with Crippen molar-refractivity contribution in [1.29, 1.82) is 0 Å². The minimum Gasteiger partial charge on any atom is -0.377 e. The topological polar surface area (TPSA) is 60.4 Å². The number of aromatic nitrogens is 3. The first-order valence-corrected chi connectivity index (χ1v) is 8.58. The lowest BCUT2D eigenvalue weighted by Gasteiger charge is -2.50. The highest BCUT2D eigenvalue weighted by Crippen LogP contribution is 2.42. The summed E-state index contributed by atoms with van der Waals surface area (Å²) in [6.45, 7) is 3.62. The molecule has 0 aliphatic carbocycles. The van der Waals surface area contributed by atoms with E-state index >= 15 is 0 Å². The second kappa shape index (κ2) is 7.01. The largest absolute Gasteiger partial charge is 0.377 e. The molecule has 25 heavy (non-hydrogen) atoms. The smallest absolute Gasteiger partial charge is 0.225 e. The Kier molecular flexibility index (Phi) is 4.59. The number of anilines is 1. The van der Waals surface area contributed by atoms with Crippen LogP contribution in [0.25, 0.3) is 0 Å². The lowest BCUT2D eigenvalue weighted by atomic mass is 9.79. The van der Waals surface area contributed by atoms with Crippen LogP contribution in [0.1, 0.15) is 18.4 Å². The van der Waals surface area contributed by atoms with Gasteiger partial charge in [0.25, 0.3) is 0 Å². The van der Waals surface area contributed by atoms with Crippen LogP contribution in [-0.4, -0.2) is 46.9 Å². The molecule has 1 atom stereocenters. The zero-order valence-electron chi connectivity index (χ0n) is 14.0. The molecule has 0 saturated carbocycles. The molecule has 2 aliphatic rings. The molecule has 7 heteroatoms. The van der Waals surface area contributed by atoms with Crippen molar-refractivity contribution in [2.75, 3.05) is 31.2 Å². The molecule has 0 aromatic carbocycles. The van der Waals surface area contributed by atoms with E-state index in [1.165, 1.54) is 12.4 Å². The lowest BCUT2D eigenvalue weighted by molar-refractivity contribution is -0.0515. The van der Waals surface area contributed by atoms with Gasteiger partial charge in [0, 0.05) is 25.6 Å². The van der Waals surface area contributed by atoms with Gasteiger partial charge in [0.15, 0.2) is 5.82 Å². The van der Waals surface area contributed by atoms with Crippen molar-refractivity contribution in [3.8, 4) is 0 Å². The molecule has 2 aliphatic heterocycles. The predicted octanol–water partition coefficient (Wildman–Crippen LogP) is 2.21. The Hall–Kier alpha value is -2.12. The van der Waals surface area contributed by atoms with Crippen LogP contribution in [0.15, 0.2) is 36.9 Å². The fraction of sp³-hybridized carbons (Fsp3) is 0.500. The molecule has 6 nitrogen and oxygen atoms in total. The number of ether oxygens (including phenoxy) is 2. The molecular formula is C18H21FN4O2. The SMILES string of the molecule is Fc1cnc(N2CC3(C2)OCCC3CCOCc2ccncc2)nc1. The monoisotopic (exact) mass is 344 g/mol. The Morgan fingerprint density at radius 1 is 1.24 bits per heavy atom. The van der Waals surface area contributed by atoms with Crippen molar-refractivity contribution < 1.29 is 13.9 Å². The molecule has 0 N–H and O–H groups in total. The summed E-state index contributed by atoms with van der Waals surface area (Å²) >= 11 is 0. The summed E-state index contributed by atoms with van der Waals surface area (Å²) in [4.78, 5) is 14.1. The van der Waals surface area contributed by atoms with E-state index in [-0.39, 0.29) is 5.60 Å². The van der Waals surface area contributed by atoms with E-state index in [0.717, 1.165) is 38.1 Å². The van der Waals surface area contributed by atoms with Gasteiger partial charge < -0.3 is 14.4 Å². The average molecular weight is 344 g/mol. The van der Waals surface area contributed by atoms with Crippen LogP contribution in [0.4, 0.5) is 10.3 Å². The van der Waals surface area contributed by atoms with E-state index in [9.17, 15) is 4.39 Å². The molecule has 2 saturated heterocycles. The third-order valence-corrected chi connectivity index (χ3v) is 5.04. The van der Waals surface area contributed by atoms with Crippen LogP contribution in [0.3, 0.4) is 0 Å². The van der Waals surface area contributed by atoms with Gasteiger partial charge in [-0.15, -0.1) is 0 Å². The number of hydrogen-bond acceptors (Lipinski definition) is 6. The predicted molar refractivity (Wildman–Crippen MR) is 89.5 cm³/mol. The first-order chi connectivity index (χ1) is 12.3. The molecule has 2 fully saturated rings. The summed E-state index contributed by atoms with van der Waals surface area (Å²) < 4.78 is 24.8. The molecule has 0 amide bonds. The van der Waals surface area contributed by atoms with Crippen LogP contribution >= 0.6 is 0 Å². The standard InChI is InChI=1S/C18H21FN4O2/c19-16-9-21-17(22-10-16)23-12-18(13-23)15(4-8-25-18)3-7-24-11-14-1-5-20-6-2-14/h1-2,5-6,9-10,15H,3-4,7-8,11-13H2. The van der Waals surface area contributed by atoms with Crippen molar-refractivity contribution >= 4 is 5.95 Å². The van der Waals surface area contributed by atoms with Crippen molar-refractivity contribution in [2.24, 2.45) is 5.92 Å². The second-order valence-electron chi connectivity index (χ2n) is 6.65. The summed E-state index contributed by atoms with van der Waals surface area (Å²) in [6.07, 6.45) is 7.98. The van der Waals surface area contributed by atoms with Gasteiger partial charge in [-0.2, -0.15) is 0 Å². The lowest BCUT2D eigenvalue weighted by Crippen LogP contribution is -2.65. The fourth-order valence-corrected chi connectivity index (χ4v) is 3.65. The maximum absolute atomic E-state index is 12.9. The van der Waals surface area contributed by atoms with Gasteiger partial charge in [0.2, 0.25) is 5.95 Å². The van der Waals surface area contributed by atoms with Gasteiger partial charge in [-0.1, -0.05) is 0 Å². The van der Waals surface area contributed by atoms with Crippen LogP contribution in [-0.2, 0) is 16.1 Å². The number of halogens is 1. The fourth-order valence-electron chi connectivity index (χ4n) is 3.65. The highest BCUT2D eigenvalue weighted by molar-refractivity contribution is 5.37. The van der Waals surface area contributed by atoms with Crippen molar-refractivity contribution in [1.82, 2.24) is 15.0 Å². The molecule has 4 heterocycles. The average Bonchev–Trinajstić information content (AvgIpc) is 3.03. The molecule has 0 radical (unpaired) electrons. The highest BCUT2D eigenvalue weighted by atomic mass is 19.1. The summed E-state index contributed by atoms with van der Waals surface area (Å²) in [5.41, 5.74) is 1.01. The first-order valence-electron chi connectivity index (χ1n) is 8.58. The molecule has 1 unspecified atom stereocenters. The molecule has 2 aromatic rings. The Bertz CT molecular complexity index is 692. The maximum atomic E-state index is 12.9. The van der Waals surface area contributed by atoms with Gasteiger partial charge in [-0.25, -0.2) is 14.4 Å². The van der Waals surface area contributed by atoms with Gasteiger partial charge in [-0.05, 0) is 36.5 Å². The summed E-state index contributed by atoms with van der Waals surface area (Å²) in [6, 6.07) is 3.93. The van der Waals surface area contributed by atoms with E-state index in [1.54, 1.807) is 12.4 Å². The van der Waals surface area contributed by atoms with Crippen LogP contribution in [0, 0.1) is 11.7 Å². The van der Waals surface area contributed by atoms with Crippen molar-refractivity contribution in [2.45, 2.75) is 25.0 Å². The molecular weight excluding hydrogens is 323 g/mol. The minimum absolute atomic E-state index is 0.127. The minimum atomic E-state index is -0.416. The third kappa shape index (κ3) is 3.48. The van der Waals surface area contributed by atoms with E-state index < -0.39 is 5.82 Å². The van der Waals surface area contributed by atoms with Crippen LogP contribution in [0.2, 0.25) is 0 Å². The Labute approximate surface area is 146 Å². The second-order valence-corrected chi connectivity index (χ2v) is 6.65. The highest BCUT2D eigenvalue weighted by Gasteiger charge is 2.53. The maximum Gasteiger partial charge on any atom is 0.225 e. The molecule has 2 aromatic heterocycles. The van der Waals surface area contributed by atoms with Crippen molar-refractivity contribution in [3.63, 3.8) is 0 Å². The number of nitrogens with zero attached hydrogens (tertiary/aromatic N) is 4. The zero-order chi connectivity index (χ0) is 17.1. The van der Waals surface area contributed by atoms with Gasteiger partial charge in [-0.3, -0.25) is 4.98 Å². The third-order valence-electron chi connectivity index (χ3n) is 5.04. The number of rotatable bonds is 6. The summed E-state index contributed by atoms with van der Waals surface area (Å²) in [5, 5.41) is 0. The van der Waals surface area contributed by atoms with Gasteiger partial charge >= 0.3 is 0 Å². The summed E-state index contributed by atoms with van der Waals surface area (Å²) in [7, 11) is 0. The zero-order valence-corrected chi connectivity index (χ0v) is 14.0. The van der Waals surface area contributed by atoms with E-state index in [1.807, 2.05) is 17.0 Å². The Morgan fingerprint density at radius 2 is 2.00 bits per heavy atom. The number of pyridine rings is 1. The quantitative estimate of drug-likeness (QED) is 0.749. The van der Waals surface area contributed by atoms with E-state index in [0.29, 0.717) is 25.1 Å². The van der Waals surface area contributed by atoms with Gasteiger partial charge in [0.05, 0.1) is 32.1 Å². The Balaban J connectivity index is 1.26. The Morgan fingerprint density at radius 3 is 2.76 bits per heavy atom. The molecule has 1 spiro atoms. The molecule has 132 valence electrons. The summed E-state index contributed by atoms with van der Waals surface area (Å²) in [5.74, 6) is 0.622. The van der Waals surface area contributed by atoms with E-state index in [4.69, 9.17) is 9.47 Å². The van der Waals surface area contributed by atoms with Crippen LogP contribution < -0.4 is 4.90 Å². The van der Waals surface area contributed by atoms with Crippen LogP contribution in [0.5, 0.6) is 0 Å². The first kappa shape index (κ1) is 16.4. The van der Waals surface area contributed by atoms with E-state index in [2.05, 4.69) is 15.0 Å². The molecule has 4 rings (SSSR count). The molecule has 0 bridgehead atoms. The van der Waals surface area contributed by atoms with Gasteiger partial charge in [0.1, 0.15) is 5.60 Å². The normalized spacial score (nSPS) is 21.5. The number of hydrogen-bond donors (Lipinski definition) is 0.